The number of hydrogen-bond donors (Lipinski definition) is 2. The first-order valence-electron chi connectivity index (χ1n) is 5.57. The van der Waals surface area contributed by atoms with E-state index in [2.05, 4.69) is 13.8 Å². The summed E-state index contributed by atoms with van der Waals surface area (Å²) in [4.78, 5) is 11.2. The van der Waals surface area contributed by atoms with E-state index in [9.17, 15) is 4.79 Å². The summed E-state index contributed by atoms with van der Waals surface area (Å²) in [7, 11) is 0. The molecule has 0 spiro atoms. The van der Waals surface area contributed by atoms with E-state index in [-0.39, 0.29) is 11.8 Å². The molecule has 0 saturated carbocycles. The van der Waals surface area contributed by atoms with Crippen molar-refractivity contribution in [3.63, 3.8) is 0 Å². The summed E-state index contributed by atoms with van der Waals surface area (Å²) in [6.45, 7) is 6.12. The van der Waals surface area contributed by atoms with Gasteiger partial charge in [0.2, 0.25) is 0 Å². The fourth-order valence-electron chi connectivity index (χ4n) is 1.66. The summed E-state index contributed by atoms with van der Waals surface area (Å²) in [5.74, 6) is -0.0706. The second kappa shape index (κ2) is 5.66. The van der Waals surface area contributed by atoms with Gasteiger partial charge in [-0.1, -0.05) is 38.1 Å². The molecule has 1 rings (SSSR count). The van der Waals surface area contributed by atoms with Gasteiger partial charge in [0, 0.05) is 0 Å². The smallest absolute Gasteiger partial charge is 0.250 e. The molecule has 0 fully saturated rings. The lowest BCUT2D eigenvalue weighted by Crippen LogP contribution is -2.24. The van der Waals surface area contributed by atoms with Crippen molar-refractivity contribution < 1.29 is 10.0 Å². The van der Waals surface area contributed by atoms with Gasteiger partial charge in [0.25, 0.3) is 5.91 Å². The summed E-state index contributed by atoms with van der Waals surface area (Å²) in [5, 5.41) is 8.54. The van der Waals surface area contributed by atoms with Crippen molar-refractivity contribution in [2.75, 3.05) is 0 Å². The average Bonchev–Trinajstić information content (AvgIpc) is 2.27. The zero-order valence-electron chi connectivity index (χ0n) is 10.0. The first-order valence-corrected chi connectivity index (χ1v) is 5.57. The molecule has 0 heterocycles. The van der Waals surface area contributed by atoms with Crippen molar-refractivity contribution in [3.8, 4) is 0 Å². The third kappa shape index (κ3) is 3.35. The van der Waals surface area contributed by atoms with Gasteiger partial charge in [-0.3, -0.25) is 10.0 Å². The van der Waals surface area contributed by atoms with E-state index in [1.807, 2.05) is 24.3 Å². The second-order valence-corrected chi connectivity index (χ2v) is 4.54. The van der Waals surface area contributed by atoms with E-state index in [1.54, 1.807) is 12.4 Å². The van der Waals surface area contributed by atoms with Crippen molar-refractivity contribution in [2.24, 2.45) is 5.92 Å². The predicted octanol–water partition coefficient (Wildman–Crippen LogP) is 2.49. The molecule has 0 radical (unpaired) electrons. The molecule has 0 aromatic heterocycles. The zero-order valence-corrected chi connectivity index (χ0v) is 10.0. The van der Waals surface area contributed by atoms with Crippen LogP contribution in [0.4, 0.5) is 0 Å². The van der Waals surface area contributed by atoms with Gasteiger partial charge < -0.3 is 0 Å². The minimum Gasteiger partial charge on any atom is -0.289 e. The van der Waals surface area contributed by atoms with Crippen LogP contribution in [0.5, 0.6) is 0 Å². The van der Waals surface area contributed by atoms with E-state index in [0.29, 0.717) is 5.92 Å². The molecule has 0 bridgehead atoms. The highest BCUT2D eigenvalue weighted by atomic mass is 16.5. The number of rotatable bonds is 4. The number of benzene rings is 1. The topological polar surface area (TPSA) is 49.3 Å². The number of carbonyl (C=O) groups is 1. The fourth-order valence-corrected chi connectivity index (χ4v) is 1.66. The van der Waals surface area contributed by atoms with Crippen LogP contribution in [0.2, 0.25) is 0 Å². The largest absolute Gasteiger partial charge is 0.289 e. The molecule has 16 heavy (non-hydrogen) atoms. The van der Waals surface area contributed by atoms with Crippen LogP contribution >= 0.6 is 0 Å². The molecule has 0 aliphatic carbocycles. The minimum absolute atomic E-state index is 0.321. The Balaban J connectivity index is 2.74. The summed E-state index contributed by atoms with van der Waals surface area (Å²) in [5.41, 5.74) is 3.86. The molecule has 88 valence electrons. The van der Waals surface area contributed by atoms with Crippen molar-refractivity contribution in [1.82, 2.24) is 5.48 Å². The Morgan fingerprint density at radius 2 is 1.81 bits per heavy atom. The molecule has 1 amide bonds. The molecule has 0 aliphatic rings. The highest BCUT2D eigenvalue weighted by Gasteiger charge is 2.13. The van der Waals surface area contributed by atoms with Gasteiger partial charge in [-0.15, -0.1) is 0 Å². The monoisotopic (exact) mass is 221 g/mol. The Morgan fingerprint density at radius 3 is 2.25 bits per heavy atom. The van der Waals surface area contributed by atoms with Crippen molar-refractivity contribution in [1.29, 1.82) is 0 Å². The summed E-state index contributed by atoms with van der Waals surface area (Å²) < 4.78 is 0. The Hall–Kier alpha value is -1.35. The van der Waals surface area contributed by atoms with Gasteiger partial charge in [0.1, 0.15) is 0 Å². The third-order valence-electron chi connectivity index (χ3n) is 2.63. The van der Waals surface area contributed by atoms with Crippen LogP contribution in [0.15, 0.2) is 24.3 Å². The molecular weight excluding hydrogens is 202 g/mol. The van der Waals surface area contributed by atoms with Crippen LogP contribution in [0.3, 0.4) is 0 Å². The van der Waals surface area contributed by atoms with E-state index >= 15 is 0 Å². The van der Waals surface area contributed by atoms with Crippen LogP contribution < -0.4 is 5.48 Å². The molecular formula is C13H19NO2. The fraction of sp³-hybridized carbons (Fsp3) is 0.462. The van der Waals surface area contributed by atoms with Crippen molar-refractivity contribution in [3.05, 3.63) is 35.4 Å². The lowest BCUT2D eigenvalue weighted by atomic mass is 9.96. The lowest BCUT2D eigenvalue weighted by Gasteiger charge is -2.11. The third-order valence-corrected chi connectivity index (χ3v) is 2.63. The Bertz CT molecular complexity index is 343. The van der Waals surface area contributed by atoms with Crippen molar-refractivity contribution >= 4 is 5.91 Å². The molecule has 2 N–H and O–H groups in total. The zero-order chi connectivity index (χ0) is 12.1. The number of amides is 1. The number of nitrogens with one attached hydrogen (secondary N) is 1. The summed E-state index contributed by atoms with van der Waals surface area (Å²) >= 11 is 0. The quantitative estimate of drug-likeness (QED) is 0.606. The lowest BCUT2D eigenvalue weighted by molar-refractivity contribution is -0.130. The molecule has 1 atom stereocenters. The highest BCUT2D eigenvalue weighted by molar-refractivity contribution is 5.82. The standard InChI is InChI=1S/C13H19NO2/c1-9(2)8-11-4-6-12(7-5-11)10(3)13(15)14-16/h4-7,9-10,16H,8H2,1-3H3,(H,14,15)/t10-/m1/s1. The second-order valence-electron chi connectivity index (χ2n) is 4.54. The van der Waals surface area contributed by atoms with Gasteiger partial charge in [0.05, 0.1) is 5.92 Å². The van der Waals surface area contributed by atoms with Gasteiger partial charge in [0.15, 0.2) is 0 Å². The first-order chi connectivity index (χ1) is 7.54. The maximum absolute atomic E-state index is 11.2. The number of carbonyl (C=O) groups excluding carboxylic acids is 1. The van der Waals surface area contributed by atoms with E-state index in [4.69, 9.17) is 5.21 Å². The Morgan fingerprint density at radius 1 is 1.25 bits per heavy atom. The van der Waals surface area contributed by atoms with Gasteiger partial charge in [-0.05, 0) is 30.4 Å². The summed E-state index contributed by atoms with van der Waals surface area (Å²) in [6.07, 6.45) is 1.04. The van der Waals surface area contributed by atoms with Crippen LogP contribution in [0.25, 0.3) is 0 Å². The SMILES string of the molecule is CC(C)Cc1ccc([C@@H](C)C(=O)NO)cc1. The van der Waals surface area contributed by atoms with E-state index in [0.717, 1.165) is 12.0 Å². The van der Waals surface area contributed by atoms with Crippen LogP contribution in [-0.4, -0.2) is 11.1 Å². The van der Waals surface area contributed by atoms with E-state index in [1.165, 1.54) is 5.56 Å². The van der Waals surface area contributed by atoms with Crippen LogP contribution in [0, 0.1) is 5.92 Å². The van der Waals surface area contributed by atoms with Gasteiger partial charge >= 0.3 is 0 Å². The molecule has 3 nitrogen and oxygen atoms in total. The molecule has 1 aromatic carbocycles. The normalized spacial score (nSPS) is 12.6. The minimum atomic E-state index is -0.378. The molecule has 0 saturated heterocycles. The van der Waals surface area contributed by atoms with Crippen LogP contribution in [0.1, 0.15) is 37.8 Å². The molecule has 3 heteroatoms. The Kier molecular flexibility index (Phi) is 4.50. The maximum atomic E-state index is 11.2. The van der Waals surface area contributed by atoms with E-state index < -0.39 is 0 Å². The van der Waals surface area contributed by atoms with Gasteiger partial charge in [-0.2, -0.15) is 0 Å². The number of hydroxylamine groups is 1. The number of hydrogen-bond acceptors (Lipinski definition) is 2. The van der Waals surface area contributed by atoms with Gasteiger partial charge in [-0.25, -0.2) is 5.48 Å². The average molecular weight is 221 g/mol. The molecule has 1 aromatic rings. The predicted molar refractivity (Wildman–Crippen MR) is 63.3 cm³/mol. The van der Waals surface area contributed by atoms with Crippen molar-refractivity contribution in [2.45, 2.75) is 33.1 Å². The molecule has 0 aliphatic heterocycles. The first kappa shape index (κ1) is 12.7. The maximum Gasteiger partial charge on any atom is 0.250 e. The molecule has 0 unspecified atom stereocenters. The summed E-state index contributed by atoms with van der Waals surface area (Å²) in [6, 6.07) is 7.96. The Labute approximate surface area is 96.4 Å². The van der Waals surface area contributed by atoms with Crippen LogP contribution in [-0.2, 0) is 11.2 Å². The highest BCUT2D eigenvalue weighted by Crippen LogP contribution is 2.17.